The number of hydrogen-bond acceptors (Lipinski definition) is 4. The fourth-order valence-electron chi connectivity index (χ4n) is 2.04. The maximum Gasteiger partial charge on any atom is 0.187 e. The predicted octanol–water partition coefficient (Wildman–Crippen LogP) is 1.23. The van der Waals surface area contributed by atoms with Crippen LogP contribution >= 0.6 is 0 Å². The molecule has 0 N–H and O–H groups in total. The van der Waals surface area contributed by atoms with Gasteiger partial charge in [-0.2, -0.15) is 0 Å². The van der Waals surface area contributed by atoms with Crippen LogP contribution in [0.2, 0.25) is 0 Å². The number of benzene rings is 1. The molecule has 2 rings (SSSR count). The highest BCUT2D eigenvalue weighted by Crippen LogP contribution is 2.34. The minimum Gasteiger partial charge on any atom is -0.227 e. The van der Waals surface area contributed by atoms with Gasteiger partial charge < -0.3 is 0 Å². The smallest absolute Gasteiger partial charge is 0.187 e. The van der Waals surface area contributed by atoms with E-state index in [1.54, 1.807) is 24.3 Å². The van der Waals surface area contributed by atoms with Crippen LogP contribution in [0, 0.1) is 6.92 Å². The van der Waals surface area contributed by atoms with Crippen LogP contribution in [0.1, 0.15) is 22.1 Å². The molecule has 1 fully saturated rings. The summed E-state index contributed by atoms with van der Waals surface area (Å²) >= 11 is 0. The maximum absolute atomic E-state index is 11.9. The topological polar surface area (TPSA) is 68.3 Å². The SMILES string of the molecule is Cc1ccc(C2S(=O)(=O)CCCS2(=O)=O)cc1. The van der Waals surface area contributed by atoms with Crippen LogP contribution in [0.3, 0.4) is 0 Å². The van der Waals surface area contributed by atoms with Gasteiger partial charge >= 0.3 is 0 Å². The van der Waals surface area contributed by atoms with Crippen LogP contribution in [0.15, 0.2) is 24.3 Å². The lowest BCUT2D eigenvalue weighted by Gasteiger charge is -2.23. The number of rotatable bonds is 1. The molecule has 0 radical (unpaired) electrons. The van der Waals surface area contributed by atoms with Gasteiger partial charge in [-0.1, -0.05) is 29.8 Å². The molecule has 0 atom stereocenters. The van der Waals surface area contributed by atoms with Gasteiger partial charge in [0.2, 0.25) is 0 Å². The number of sulfone groups is 2. The highest BCUT2D eigenvalue weighted by molar-refractivity contribution is 8.09. The Kier molecular flexibility index (Phi) is 3.03. The molecule has 1 saturated heterocycles. The molecule has 0 aliphatic carbocycles. The van der Waals surface area contributed by atoms with E-state index in [4.69, 9.17) is 0 Å². The van der Waals surface area contributed by atoms with Crippen molar-refractivity contribution in [2.24, 2.45) is 0 Å². The van der Waals surface area contributed by atoms with Crippen LogP contribution in [0.5, 0.6) is 0 Å². The second kappa shape index (κ2) is 4.10. The highest BCUT2D eigenvalue weighted by atomic mass is 32.3. The lowest BCUT2D eigenvalue weighted by Crippen LogP contribution is -2.32. The summed E-state index contributed by atoms with van der Waals surface area (Å²) in [6.07, 6.45) is 0.201. The summed E-state index contributed by atoms with van der Waals surface area (Å²) in [5.41, 5.74) is 1.33. The average molecular weight is 274 g/mol. The Morgan fingerprint density at radius 2 is 1.41 bits per heavy atom. The van der Waals surface area contributed by atoms with E-state index in [9.17, 15) is 16.8 Å². The van der Waals surface area contributed by atoms with E-state index < -0.39 is 24.3 Å². The van der Waals surface area contributed by atoms with Gasteiger partial charge in [0.25, 0.3) is 0 Å². The minimum atomic E-state index is -3.59. The lowest BCUT2D eigenvalue weighted by atomic mass is 10.2. The van der Waals surface area contributed by atoms with E-state index in [-0.39, 0.29) is 17.9 Å². The maximum atomic E-state index is 11.9. The van der Waals surface area contributed by atoms with Crippen molar-refractivity contribution in [2.75, 3.05) is 11.5 Å². The summed E-state index contributed by atoms with van der Waals surface area (Å²) in [6.45, 7) is 1.87. The molecule has 17 heavy (non-hydrogen) atoms. The Labute approximate surface area is 102 Å². The summed E-state index contributed by atoms with van der Waals surface area (Å²) in [7, 11) is -7.17. The molecule has 0 spiro atoms. The van der Waals surface area contributed by atoms with E-state index in [2.05, 4.69) is 0 Å². The Morgan fingerprint density at radius 3 is 1.88 bits per heavy atom. The molecule has 0 amide bonds. The van der Waals surface area contributed by atoms with Crippen LogP contribution < -0.4 is 0 Å². The van der Waals surface area contributed by atoms with Crippen molar-refractivity contribution in [3.8, 4) is 0 Å². The van der Waals surface area contributed by atoms with Crippen LogP contribution in [0.4, 0.5) is 0 Å². The number of aryl methyl sites for hydroxylation is 1. The minimum absolute atomic E-state index is 0.0508. The molecular formula is C11H14O4S2. The van der Waals surface area contributed by atoms with Crippen LogP contribution in [-0.4, -0.2) is 28.3 Å². The van der Waals surface area contributed by atoms with Crippen molar-refractivity contribution < 1.29 is 16.8 Å². The van der Waals surface area contributed by atoms with Gasteiger partial charge in [-0.15, -0.1) is 0 Å². The molecule has 1 aliphatic heterocycles. The molecular weight excluding hydrogens is 260 g/mol. The van der Waals surface area contributed by atoms with Crippen molar-refractivity contribution in [2.45, 2.75) is 17.9 Å². The third-order valence-corrected chi connectivity index (χ3v) is 8.18. The largest absolute Gasteiger partial charge is 0.227 e. The van der Waals surface area contributed by atoms with E-state index in [0.29, 0.717) is 5.56 Å². The first kappa shape index (κ1) is 12.6. The fourth-order valence-corrected chi connectivity index (χ4v) is 7.25. The van der Waals surface area contributed by atoms with Gasteiger partial charge in [-0.25, -0.2) is 16.8 Å². The van der Waals surface area contributed by atoms with Crippen molar-refractivity contribution in [1.29, 1.82) is 0 Å². The second-order valence-corrected chi connectivity index (χ2v) is 9.04. The first-order valence-electron chi connectivity index (χ1n) is 5.33. The Morgan fingerprint density at radius 1 is 0.941 bits per heavy atom. The van der Waals surface area contributed by atoms with Crippen LogP contribution in [0.25, 0.3) is 0 Å². The third kappa shape index (κ3) is 2.37. The zero-order valence-electron chi connectivity index (χ0n) is 9.46. The molecule has 0 aromatic heterocycles. The second-order valence-electron chi connectivity index (χ2n) is 4.33. The van der Waals surface area contributed by atoms with E-state index in [1.165, 1.54) is 0 Å². The van der Waals surface area contributed by atoms with Gasteiger partial charge in [-0.3, -0.25) is 0 Å². The van der Waals surface area contributed by atoms with Gasteiger partial charge in [0.15, 0.2) is 24.3 Å². The summed E-state index contributed by atoms with van der Waals surface area (Å²) in [5, 5.41) is 0. The first-order valence-corrected chi connectivity index (χ1v) is 8.76. The van der Waals surface area contributed by atoms with Crippen molar-refractivity contribution in [3.63, 3.8) is 0 Å². The van der Waals surface area contributed by atoms with Gasteiger partial charge in [0.1, 0.15) is 0 Å². The Bertz CT molecular complexity index is 578. The van der Waals surface area contributed by atoms with Crippen molar-refractivity contribution in [1.82, 2.24) is 0 Å². The normalized spacial score (nSPS) is 23.4. The molecule has 0 unspecified atom stereocenters. The molecule has 0 saturated carbocycles. The van der Waals surface area contributed by atoms with Crippen LogP contribution in [-0.2, 0) is 19.7 Å². The fraction of sp³-hybridized carbons (Fsp3) is 0.455. The van der Waals surface area contributed by atoms with Gasteiger partial charge in [0.05, 0.1) is 11.5 Å². The molecule has 6 heteroatoms. The quantitative estimate of drug-likeness (QED) is 0.772. The first-order chi connectivity index (χ1) is 7.83. The molecule has 94 valence electrons. The molecule has 1 aliphatic rings. The molecule has 1 aromatic rings. The summed E-state index contributed by atoms with van der Waals surface area (Å²) in [5.74, 6) is -0.102. The molecule has 1 aromatic carbocycles. The van der Waals surface area contributed by atoms with Gasteiger partial charge in [-0.05, 0) is 18.9 Å². The highest BCUT2D eigenvalue weighted by Gasteiger charge is 2.41. The summed E-state index contributed by atoms with van der Waals surface area (Å²) in [4.78, 5) is 0. The standard InChI is InChI=1S/C11H14O4S2/c1-9-3-5-10(6-4-9)11-16(12,13)7-2-8-17(11,14)15/h3-6,11H,2,7-8H2,1H3. The summed E-state index contributed by atoms with van der Waals surface area (Å²) in [6, 6.07) is 6.63. The summed E-state index contributed by atoms with van der Waals surface area (Å²) < 4.78 is 46.2. The van der Waals surface area contributed by atoms with Crippen molar-refractivity contribution >= 4 is 19.7 Å². The van der Waals surface area contributed by atoms with Crippen molar-refractivity contribution in [3.05, 3.63) is 35.4 Å². The molecule has 0 bridgehead atoms. The Balaban J connectivity index is 2.57. The zero-order valence-corrected chi connectivity index (χ0v) is 11.1. The Hall–Kier alpha value is -0.880. The van der Waals surface area contributed by atoms with E-state index in [1.807, 2.05) is 6.92 Å². The third-order valence-electron chi connectivity index (χ3n) is 2.86. The van der Waals surface area contributed by atoms with E-state index >= 15 is 0 Å². The average Bonchev–Trinajstić information content (AvgIpc) is 2.18. The molecule has 4 nitrogen and oxygen atoms in total. The predicted molar refractivity (Wildman–Crippen MR) is 66.1 cm³/mol. The zero-order chi connectivity index (χ0) is 12.7. The lowest BCUT2D eigenvalue weighted by molar-refractivity contribution is 0.567. The van der Waals surface area contributed by atoms with E-state index in [0.717, 1.165) is 5.56 Å². The monoisotopic (exact) mass is 274 g/mol. The number of hydrogen-bond donors (Lipinski definition) is 0. The molecule has 1 heterocycles. The van der Waals surface area contributed by atoms with Gasteiger partial charge in [0, 0.05) is 0 Å².